The summed E-state index contributed by atoms with van der Waals surface area (Å²) >= 11 is 0. The predicted molar refractivity (Wildman–Crippen MR) is 50.1 cm³/mol. The van der Waals surface area contributed by atoms with Crippen LogP contribution < -0.4 is 0 Å². The lowest BCUT2D eigenvalue weighted by Crippen LogP contribution is -2.29. The van der Waals surface area contributed by atoms with Gasteiger partial charge in [-0.15, -0.1) is 0 Å². The van der Waals surface area contributed by atoms with E-state index >= 15 is 0 Å². The summed E-state index contributed by atoms with van der Waals surface area (Å²) in [7, 11) is 2.00. The number of nitrogens with one attached hydrogen (secondary N) is 1. The van der Waals surface area contributed by atoms with Crippen LogP contribution in [-0.4, -0.2) is 24.3 Å². The molecule has 1 unspecified atom stereocenters. The van der Waals surface area contributed by atoms with Crippen molar-refractivity contribution in [2.45, 2.75) is 33.6 Å². The zero-order valence-electron chi connectivity index (χ0n) is 8.15. The SMILES string of the molecule is CCC(=N)N(C)CC(C)CC. The lowest BCUT2D eigenvalue weighted by atomic mass is 10.1. The van der Waals surface area contributed by atoms with E-state index in [2.05, 4.69) is 13.8 Å². The summed E-state index contributed by atoms with van der Waals surface area (Å²) in [6, 6.07) is 0. The molecule has 0 amide bonds. The van der Waals surface area contributed by atoms with E-state index < -0.39 is 0 Å². The van der Waals surface area contributed by atoms with Gasteiger partial charge in [0.2, 0.25) is 0 Å². The van der Waals surface area contributed by atoms with Crippen molar-refractivity contribution in [3.63, 3.8) is 0 Å². The lowest BCUT2D eigenvalue weighted by Gasteiger charge is -2.22. The summed E-state index contributed by atoms with van der Waals surface area (Å²) in [5.74, 6) is 1.44. The van der Waals surface area contributed by atoms with Gasteiger partial charge in [-0.1, -0.05) is 27.2 Å². The fourth-order valence-electron chi connectivity index (χ4n) is 0.977. The van der Waals surface area contributed by atoms with Crippen molar-refractivity contribution >= 4 is 5.84 Å². The Hall–Kier alpha value is -0.530. The topological polar surface area (TPSA) is 27.1 Å². The van der Waals surface area contributed by atoms with Gasteiger partial charge in [0.15, 0.2) is 0 Å². The smallest absolute Gasteiger partial charge is 0.0952 e. The molecule has 1 N–H and O–H groups in total. The Morgan fingerprint density at radius 2 is 2.00 bits per heavy atom. The average Bonchev–Trinajstić information content (AvgIpc) is 2.02. The first-order valence-electron chi connectivity index (χ1n) is 4.40. The summed E-state index contributed by atoms with van der Waals surface area (Å²) in [6.07, 6.45) is 2.04. The van der Waals surface area contributed by atoms with Crippen molar-refractivity contribution in [3.8, 4) is 0 Å². The molecule has 2 nitrogen and oxygen atoms in total. The van der Waals surface area contributed by atoms with Crippen LogP contribution in [0, 0.1) is 11.3 Å². The van der Waals surface area contributed by atoms with E-state index in [1.54, 1.807) is 0 Å². The van der Waals surface area contributed by atoms with Crippen molar-refractivity contribution in [3.05, 3.63) is 0 Å². The van der Waals surface area contributed by atoms with Crippen LogP contribution in [0.1, 0.15) is 33.6 Å². The highest BCUT2D eigenvalue weighted by molar-refractivity contribution is 5.78. The van der Waals surface area contributed by atoms with Gasteiger partial charge >= 0.3 is 0 Å². The van der Waals surface area contributed by atoms with Crippen LogP contribution in [-0.2, 0) is 0 Å². The molecule has 0 aromatic rings. The van der Waals surface area contributed by atoms with E-state index in [9.17, 15) is 0 Å². The fraction of sp³-hybridized carbons (Fsp3) is 0.889. The number of rotatable bonds is 4. The zero-order valence-corrected chi connectivity index (χ0v) is 8.15. The van der Waals surface area contributed by atoms with Crippen molar-refractivity contribution in [2.75, 3.05) is 13.6 Å². The van der Waals surface area contributed by atoms with Crippen LogP contribution in [0.15, 0.2) is 0 Å². The third-order valence-electron chi connectivity index (χ3n) is 2.08. The lowest BCUT2D eigenvalue weighted by molar-refractivity contribution is 0.389. The van der Waals surface area contributed by atoms with Gasteiger partial charge in [0, 0.05) is 20.0 Å². The molecule has 0 heterocycles. The van der Waals surface area contributed by atoms with Gasteiger partial charge in [0.05, 0.1) is 5.84 Å². The molecular formula is C9H20N2. The molecule has 0 saturated heterocycles. The summed E-state index contributed by atoms with van der Waals surface area (Å²) in [6.45, 7) is 7.45. The number of hydrogen-bond acceptors (Lipinski definition) is 1. The second-order valence-corrected chi connectivity index (χ2v) is 3.19. The molecule has 0 bridgehead atoms. The third kappa shape index (κ3) is 4.02. The second-order valence-electron chi connectivity index (χ2n) is 3.19. The fourth-order valence-corrected chi connectivity index (χ4v) is 0.977. The Kier molecular flexibility index (Phi) is 4.92. The number of hydrogen-bond donors (Lipinski definition) is 1. The molecule has 0 aliphatic rings. The Bertz CT molecular complexity index is 121. The molecule has 0 spiro atoms. The van der Waals surface area contributed by atoms with Crippen LogP contribution in [0.2, 0.25) is 0 Å². The average molecular weight is 156 g/mol. The van der Waals surface area contributed by atoms with Crippen LogP contribution in [0.3, 0.4) is 0 Å². The van der Waals surface area contributed by atoms with Gasteiger partial charge in [-0.25, -0.2) is 0 Å². The van der Waals surface area contributed by atoms with Crippen molar-refractivity contribution in [1.82, 2.24) is 4.90 Å². The maximum absolute atomic E-state index is 7.54. The van der Waals surface area contributed by atoms with E-state index in [1.165, 1.54) is 6.42 Å². The summed E-state index contributed by atoms with van der Waals surface area (Å²) in [5, 5.41) is 7.54. The maximum Gasteiger partial charge on any atom is 0.0952 e. The Morgan fingerprint density at radius 1 is 1.45 bits per heavy atom. The molecule has 0 aliphatic heterocycles. The van der Waals surface area contributed by atoms with Gasteiger partial charge in [-0.2, -0.15) is 0 Å². The molecular weight excluding hydrogens is 136 g/mol. The molecule has 0 rings (SSSR count). The Morgan fingerprint density at radius 3 is 2.36 bits per heavy atom. The highest BCUT2D eigenvalue weighted by atomic mass is 15.1. The normalized spacial score (nSPS) is 12.7. The minimum Gasteiger partial charge on any atom is -0.363 e. The Balaban J connectivity index is 3.67. The van der Waals surface area contributed by atoms with E-state index in [0.717, 1.165) is 18.8 Å². The van der Waals surface area contributed by atoms with Gasteiger partial charge in [-0.05, 0) is 5.92 Å². The highest BCUT2D eigenvalue weighted by Gasteiger charge is 2.05. The first kappa shape index (κ1) is 10.5. The quantitative estimate of drug-likeness (QED) is 0.491. The molecule has 2 heteroatoms. The van der Waals surface area contributed by atoms with Gasteiger partial charge in [0.1, 0.15) is 0 Å². The van der Waals surface area contributed by atoms with E-state index in [1.807, 2.05) is 18.9 Å². The molecule has 11 heavy (non-hydrogen) atoms. The molecule has 66 valence electrons. The molecule has 0 aliphatic carbocycles. The minimum atomic E-state index is 0.701. The van der Waals surface area contributed by atoms with Crippen LogP contribution in [0.25, 0.3) is 0 Å². The standard InChI is InChI=1S/C9H20N2/c1-5-8(3)7-11(4)9(10)6-2/h8,10H,5-7H2,1-4H3. The van der Waals surface area contributed by atoms with Crippen LogP contribution >= 0.6 is 0 Å². The summed E-state index contributed by atoms with van der Waals surface area (Å²) in [4.78, 5) is 2.04. The number of nitrogens with zero attached hydrogens (tertiary/aromatic N) is 1. The molecule has 0 saturated carbocycles. The van der Waals surface area contributed by atoms with Gasteiger partial charge in [-0.3, -0.25) is 5.41 Å². The number of amidine groups is 1. The second kappa shape index (κ2) is 5.16. The molecule has 0 aromatic carbocycles. The summed E-state index contributed by atoms with van der Waals surface area (Å²) in [5.41, 5.74) is 0. The van der Waals surface area contributed by atoms with Crippen LogP contribution in [0.5, 0.6) is 0 Å². The molecule has 0 aromatic heterocycles. The van der Waals surface area contributed by atoms with E-state index in [0.29, 0.717) is 5.92 Å². The first-order chi connectivity index (χ1) is 5.11. The van der Waals surface area contributed by atoms with Crippen LogP contribution in [0.4, 0.5) is 0 Å². The minimum absolute atomic E-state index is 0.701. The third-order valence-corrected chi connectivity index (χ3v) is 2.08. The van der Waals surface area contributed by atoms with Crippen molar-refractivity contribution < 1.29 is 0 Å². The molecule has 0 fully saturated rings. The molecule has 0 radical (unpaired) electrons. The zero-order chi connectivity index (χ0) is 8.85. The van der Waals surface area contributed by atoms with Crippen molar-refractivity contribution in [1.29, 1.82) is 5.41 Å². The van der Waals surface area contributed by atoms with Gasteiger partial charge < -0.3 is 4.90 Å². The predicted octanol–water partition coefficient (Wildman–Crippen LogP) is 2.35. The van der Waals surface area contributed by atoms with Gasteiger partial charge in [0.25, 0.3) is 0 Å². The van der Waals surface area contributed by atoms with E-state index in [-0.39, 0.29) is 0 Å². The van der Waals surface area contributed by atoms with E-state index in [4.69, 9.17) is 5.41 Å². The molecule has 1 atom stereocenters. The highest BCUT2D eigenvalue weighted by Crippen LogP contribution is 2.03. The monoisotopic (exact) mass is 156 g/mol. The largest absolute Gasteiger partial charge is 0.363 e. The first-order valence-corrected chi connectivity index (χ1v) is 4.40. The Labute approximate surface area is 70.1 Å². The van der Waals surface area contributed by atoms with Crippen molar-refractivity contribution in [2.24, 2.45) is 5.92 Å². The summed E-state index contributed by atoms with van der Waals surface area (Å²) < 4.78 is 0. The maximum atomic E-state index is 7.54.